The predicted molar refractivity (Wildman–Crippen MR) is 88.2 cm³/mol. The van der Waals surface area contributed by atoms with E-state index in [0.29, 0.717) is 24.3 Å². The Bertz CT molecular complexity index is 748. The van der Waals surface area contributed by atoms with Crippen molar-refractivity contribution in [2.45, 2.75) is 32.1 Å². The minimum atomic E-state index is -3.52. The third kappa shape index (κ3) is 3.85. The Morgan fingerprint density at radius 3 is 2.55 bits per heavy atom. The minimum Gasteiger partial charge on any atom is -0.497 e. The van der Waals surface area contributed by atoms with Gasteiger partial charge in [-0.1, -0.05) is 0 Å². The summed E-state index contributed by atoms with van der Waals surface area (Å²) >= 11 is 1.61. The molecule has 0 aliphatic rings. The molecule has 0 aliphatic carbocycles. The fourth-order valence-electron chi connectivity index (χ4n) is 2.07. The molecule has 0 atom stereocenters. The fraction of sp³-hybridized carbons (Fsp3) is 0.400. The second-order valence-corrected chi connectivity index (χ2v) is 8.05. The summed E-state index contributed by atoms with van der Waals surface area (Å²) in [7, 11) is -1.96. The number of ether oxygens (including phenoxy) is 1. The van der Waals surface area contributed by atoms with Crippen LogP contribution in [0.5, 0.6) is 5.75 Å². The lowest BCUT2D eigenvalue weighted by Gasteiger charge is -2.10. The Balaban J connectivity index is 2.05. The van der Waals surface area contributed by atoms with Gasteiger partial charge in [0.15, 0.2) is 0 Å². The monoisotopic (exact) mass is 340 g/mol. The number of thiazole rings is 1. The van der Waals surface area contributed by atoms with E-state index in [4.69, 9.17) is 4.74 Å². The lowest BCUT2D eigenvalue weighted by Crippen LogP contribution is -2.26. The molecule has 2 rings (SSSR count). The van der Waals surface area contributed by atoms with Crippen LogP contribution in [-0.4, -0.2) is 27.1 Å². The van der Waals surface area contributed by atoms with E-state index in [1.54, 1.807) is 43.6 Å². The summed E-state index contributed by atoms with van der Waals surface area (Å²) in [6, 6.07) is 4.92. The van der Waals surface area contributed by atoms with E-state index in [0.717, 1.165) is 10.7 Å². The number of nitrogens with one attached hydrogen (secondary N) is 1. The highest BCUT2D eigenvalue weighted by atomic mass is 32.2. The molecule has 0 aliphatic heterocycles. The molecular formula is C15H20N2O3S2. The molecule has 0 saturated carbocycles. The van der Waals surface area contributed by atoms with Crippen molar-refractivity contribution in [2.24, 2.45) is 0 Å². The highest BCUT2D eigenvalue weighted by Crippen LogP contribution is 2.21. The lowest BCUT2D eigenvalue weighted by molar-refractivity contribution is 0.414. The van der Waals surface area contributed by atoms with Gasteiger partial charge >= 0.3 is 0 Å². The molecular weight excluding hydrogens is 320 g/mol. The van der Waals surface area contributed by atoms with Crippen molar-refractivity contribution in [2.75, 3.05) is 13.7 Å². The molecule has 0 spiro atoms. The number of aryl methyl sites for hydroxylation is 3. The maximum absolute atomic E-state index is 12.3. The summed E-state index contributed by atoms with van der Waals surface area (Å²) in [6.07, 6.45) is 0.591. The summed E-state index contributed by atoms with van der Waals surface area (Å²) in [5, 5.41) is 0.948. The Hall–Kier alpha value is -1.44. The first kappa shape index (κ1) is 16.9. The summed E-state index contributed by atoms with van der Waals surface area (Å²) < 4.78 is 32.4. The zero-order chi connectivity index (χ0) is 16.3. The van der Waals surface area contributed by atoms with Crippen LogP contribution in [-0.2, 0) is 16.4 Å². The average molecular weight is 340 g/mol. The fourth-order valence-corrected chi connectivity index (χ4v) is 4.26. The van der Waals surface area contributed by atoms with Crippen molar-refractivity contribution in [3.05, 3.63) is 39.3 Å². The first-order valence-corrected chi connectivity index (χ1v) is 9.20. The lowest BCUT2D eigenvalue weighted by atomic mass is 10.2. The second kappa shape index (κ2) is 6.76. The van der Waals surface area contributed by atoms with Gasteiger partial charge in [-0.25, -0.2) is 18.1 Å². The van der Waals surface area contributed by atoms with Gasteiger partial charge < -0.3 is 4.74 Å². The molecule has 0 unspecified atom stereocenters. The molecule has 120 valence electrons. The van der Waals surface area contributed by atoms with E-state index in [1.807, 2.05) is 13.8 Å². The Morgan fingerprint density at radius 1 is 1.27 bits per heavy atom. The number of sulfonamides is 1. The predicted octanol–water partition coefficient (Wildman–Crippen LogP) is 2.60. The molecule has 5 nitrogen and oxygen atoms in total. The van der Waals surface area contributed by atoms with Crippen LogP contribution in [0.3, 0.4) is 0 Å². The van der Waals surface area contributed by atoms with Crippen LogP contribution in [0.2, 0.25) is 0 Å². The number of benzene rings is 1. The van der Waals surface area contributed by atoms with Gasteiger partial charge in [0.25, 0.3) is 0 Å². The first-order valence-electron chi connectivity index (χ1n) is 6.90. The van der Waals surface area contributed by atoms with Crippen molar-refractivity contribution in [1.82, 2.24) is 9.71 Å². The molecule has 2 aromatic rings. The standard InChI is InChI=1S/C15H20N2O3S2/c1-10-9-13(20-4)5-6-14(10)22(18,19)16-8-7-15-17-11(2)12(3)21-15/h5-6,9,16H,7-8H2,1-4H3. The van der Waals surface area contributed by atoms with Crippen LogP contribution in [0.1, 0.15) is 21.1 Å². The third-order valence-electron chi connectivity index (χ3n) is 3.38. The van der Waals surface area contributed by atoms with Gasteiger partial charge in [-0.05, 0) is 44.5 Å². The first-order chi connectivity index (χ1) is 10.3. The van der Waals surface area contributed by atoms with E-state index in [2.05, 4.69) is 9.71 Å². The molecule has 7 heteroatoms. The zero-order valence-electron chi connectivity index (χ0n) is 13.1. The van der Waals surface area contributed by atoms with Gasteiger partial charge in [-0.15, -0.1) is 11.3 Å². The van der Waals surface area contributed by atoms with Crippen molar-refractivity contribution in [1.29, 1.82) is 0 Å². The molecule has 0 radical (unpaired) electrons. The third-order valence-corrected chi connectivity index (χ3v) is 6.13. The SMILES string of the molecule is COc1ccc(S(=O)(=O)NCCc2nc(C)c(C)s2)c(C)c1. The van der Waals surface area contributed by atoms with Crippen LogP contribution in [0.15, 0.2) is 23.1 Å². The van der Waals surface area contributed by atoms with Crippen LogP contribution < -0.4 is 9.46 Å². The van der Waals surface area contributed by atoms with Crippen LogP contribution in [0, 0.1) is 20.8 Å². The van der Waals surface area contributed by atoms with Crippen molar-refractivity contribution in [3.8, 4) is 5.75 Å². The smallest absolute Gasteiger partial charge is 0.240 e. The van der Waals surface area contributed by atoms with E-state index in [-0.39, 0.29) is 4.90 Å². The number of aromatic nitrogens is 1. The van der Waals surface area contributed by atoms with Gasteiger partial charge in [0.1, 0.15) is 5.75 Å². The molecule has 0 amide bonds. The maximum Gasteiger partial charge on any atom is 0.240 e. The van der Waals surface area contributed by atoms with Crippen LogP contribution in [0.25, 0.3) is 0 Å². The molecule has 0 saturated heterocycles. The Morgan fingerprint density at radius 2 is 2.00 bits per heavy atom. The van der Waals surface area contributed by atoms with E-state index in [1.165, 1.54) is 4.88 Å². The second-order valence-electron chi connectivity index (χ2n) is 5.03. The summed E-state index contributed by atoms with van der Waals surface area (Å²) in [5.74, 6) is 0.644. The molecule has 1 aromatic heterocycles. The van der Waals surface area contributed by atoms with E-state index < -0.39 is 10.0 Å². The van der Waals surface area contributed by atoms with Gasteiger partial charge in [0.2, 0.25) is 10.0 Å². The molecule has 1 N–H and O–H groups in total. The number of methoxy groups -OCH3 is 1. The summed E-state index contributed by atoms with van der Waals surface area (Å²) in [5.41, 5.74) is 1.67. The Labute approximate surface area is 135 Å². The normalized spacial score (nSPS) is 11.6. The van der Waals surface area contributed by atoms with Gasteiger partial charge in [0.05, 0.1) is 22.7 Å². The molecule has 0 bridgehead atoms. The summed E-state index contributed by atoms with van der Waals surface area (Å²) in [4.78, 5) is 5.86. The van der Waals surface area contributed by atoms with Crippen molar-refractivity contribution < 1.29 is 13.2 Å². The number of hydrogen-bond donors (Lipinski definition) is 1. The topological polar surface area (TPSA) is 68.3 Å². The molecule has 22 heavy (non-hydrogen) atoms. The molecule has 1 heterocycles. The number of nitrogens with zero attached hydrogens (tertiary/aromatic N) is 1. The number of hydrogen-bond acceptors (Lipinski definition) is 5. The van der Waals surface area contributed by atoms with Gasteiger partial charge in [-0.2, -0.15) is 0 Å². The average Bonchev–Trinajstić information content (AvgIpc) is 2.76. The van der Waals surface area contributed by atoms with Crippen LogP contribution in [0.4, 0.5) is 0 Å². The van der Waals surface area contributed by atoms with Crippen molar-refractivity contribution in [3.63, 3.8) is 0 Å². The molecule has 0 fully saturated rings. The maximum atomic E-state index is 12.3. The highest BCUT2D eigenvalue weighted by Gasteiger charge is 2.17. The number of rotatable bonds is 6. The van der Waals surface area contributed by atoms with E-state index in [9.17, 15) is 8.42 Å². The van der Waals surface area contributed by atoms with Gasteiger partial charge in [0, 0.05) is 17.8 Å². The van der Waals surface area contributed by atoms with Gasteiger partial charge in [-0.3, -0.25) is 0 Å². The quantitative estimate of drug-likeness (QED) is 0.878. The zero-order valence-corrected chi connectivity index (χ0v) is 14.8. The Kier molecular flexibility index (Phi) is 5.20. The highest BCUT2D eigenvalue weighted by molar-refractivity contribution is 7.89. The molecule has 1 aromatic carbocycles. The largest absolute Gasteiger partial charge is 0.497 e. The minimum absolute atomic E-state index is 0.278. The van der Waals surface area contributed by atoms with Crippen molar-refractivity contribution >= 4 is 21.4 Å². The summed E-state index contributed by atoms with van der Waals surface area (Å²) in [6.45, 7) is 6.06. The van der Waals surface area contributed by atoms with Crippen LogP contribution >= 0.6 is 11.3 Å². The van der Waals surface area contributed by atoms with E-state index >= 15 is 0 Å².